The zero-order valence-electron chi connectivity index (χ0n) is 12.7. The second-order valence-electron chi connectivity index (χ2n) is 5.56. The van der Waals surface area contributed by atoms with Crippen molar-refractivity contribution < 1.29 is 4.79 Å². The summed E-state index contributed by atoms with van der Waals surface area (Å²) in [6.45, 7) is 6.84. The minimum atomic E-state index is 0.103. The van der Waals surface area contributed by atoms with Gasteiger partial charge in [0.25, 0.3) is 0 Å². The van der Waals surface area contributed by atoms with Crippen LogP contribution in [0.5, 0.6) is 0 Å². The average molecular weight is 275 g/mol. The van der Waals surface area contributed by atoms with Crippen LogP contribution in [0.3, 0.4) is 0 Å². The van der Waals surface area contributed by atoms with Gasteiger partial charge in [-0.05, 0) is 37.9 Å². The molecule has 0 saturated carbocycles. The molecule has 1 aromatic carbocycles. The van der Waals surface area contributed by atoms with Crippen molar-refractivity contribution in [1.82, 2.24) is 10.2 Å². The molecule has 1 heterocycles. The Bertz CT molecular complexity index is 461. The highest BCUT2D eigenvalue weighted by atomic mass is 16.2. The van der Waals surface area contributed by atoms with Crippen molar-refractivity contribution in [3.05, 3.63) is 29.8 Å². The van der Waals surface area contributed by atoms with Gasteiger partial charge in [-0.2, -0.15) is 0 Å². The van der Waals surface area contributed by atoms with E-state index in [9.17, 15) is 4.79 Å². The van der Waals surface area contributed by atoms with E-state index in [1.54, 1.807) is 4.90 Å². The molecule has 2 amide bonds. The maximum atomic E-state index is 12.3. The Balaban J connectivity index is 2.04. The van der Waals surface area contributed by atoms with Gasteiger partial charge in [-0.1, -0.05) is 25.1 Å². The third kappa shape index (κ3) is 3.31. The topological polar surface area (TPSA) is 35.6 Å². The largest absolute Gasteiger partial charge is 0.324 e. The first-order chi connectivity index (χ1) is 9.63. The van der Waals surface area contributed by atoms with Gasteiger partial charge in [0, 0.05) is 26.2 Å². The van der Waals surface area contributed by atoms with Gasteiger partial charge in [0.05, 0.1) is 5.69 Å². The number of urea groups is 1. The van der Waals surface area contributed by atoms with E-state index < -0.39 is 0 Å². The number of nitrogens with zero attached hydrogens (tertiary/aromatic N) is 2. The molecule has 0 spiro atoms. The van der Waals surface area contributed by atoms with Crippen LogP contribution < -0.4 is 10.2 Å². The number of hydrogen-bond donors (Lipinski definition) is 1. The molecule has 1 aliphatic heterocycles. The number of carbonyl (C=O) groups excluding carboxylic acids is 1. The summed E-state index contributed by atoms with van der Waals surface area (Å²) in [5.41, 5.74) is 2.29. The van der Waals surface area contributed by atoms with Gasteiger partial charge in [-0.15, -0.1) is 0 Å². The summed E-state index contributed by atoms with van der Waals surface area (Å²) in [5.74, 6) is 0. The summed E-state index contributed by atoms with van der Waals surface area (Å²) in [6, 6.07) is 8.72. The molecule has 1 aliphatic rings. The molecule has 1 unspecified atom stereocenters. The Morgan fingerprint density at radius 2 is 2.10 bits per heavy atom. The molecule has 4 heteroatoms. The lowest BCUT2D eigenvalue weighted by Gasteiger charge is -2.35. The third-order valence-corrected chi connectivity index (χ3v) is 3.78. The molecule has 1 atom stereocenters. The predicted molar refractivity (Wildman–Crippen MR) is 83.0 cm³/mol. The predicted octanol–water partition coefficient (Wildman–Crippen LogP) is 2.84. The second kappa shape index (κ2) is 6.75. The fraction of sp³-hybridized carbons (Fsp3) is 0.562. The molecule has 1 aromatic rings. The highest BCUT2D eigenvalue weighted by Gasteiger charge is 2.27. The first-order valence-corrected chi connectivity index (χ1v) is 7.47. The van der Waals surface area contributed by atoms with Crippen LogP contribution in [-0.2, 0) is 6.54 Å². The first kappa shape index (κ1) is 14.9. The van der Waals surface area contributed by atoms with Crippen LogP contribution in [0, 0.1) is 0 Å². The fourth-order valence-electron chi connectivity index (χ4n) is 2.57. The fourth-order valence-corrected chi connectivity index (χ4v) is 2.57. The lowest BCUT2D eigenvalue weighted by atomic mass is 10.1. The molecule has 0 radical (unpaired) electrons. The van der Waals surface area contributed by atoms with Crippen LogP contribution in [0.2, 0.25) is 0 Å². The summed E-state index contributed by atoms with van der Waals surface area (Å²) in [6.07, 6.45) is 2.10. The number of nitrogens with one attached hydrogen (secondary N) is 1. The smallest absolute Gasteiger partial charge is 0.323 e. The van der Waals surface area contributed by atoms with E-state index in [0.717, 1.165) is 31.6 Å². The van der Waals surface area contributed by atoms with Gasteiger partial charge < -0.3 is 10.2 Å². The van der Waals surface area contributed by atoms with Crippen molar-refractivity contribution in [2.45, 2.75) is 39.3 Å². The lowest BCUT2D eigenvalue weighted by molar-refractivity contribution is 0.210. The van der Waals surface area contributed by atoms with E-state index in [-0.39, 0.29) is 6.03 Å². The number of para-hydroxylation sites is 1. The van der Waals surface area contributed by atoms with Crippen LogP contribution in [0.4, 0.5) is 10.5 Å². The number of fused-ring (bicyclic) bond motifs is 1. The van der Waals surface area contributed by atoms with Crippen molar-refractivity contribution in [2.75, 3.05) is 25.0 Å². The van der Waals surface area contributed by atoms with Gasteiger partial charge in [0.2, 0.25) is 0 Å². The SMILES string of the molecule is CCCNC(C)CCN1C(=O)N(C)Cc2ccccc21. The molecule has 20 heavy (non-hydrogen) atoms. The minimum Gasteiger partial charge on any atom is -0.323 e. The van der Waals surface area contributed by atoms with E-state index >= 15 is 0 Å². The van der Waals surface area contributed by atoms with Crippen molar-refractivity contribution in [3.63, 3.8) is 0 Å². The summed E-state index contributed by atoms with van der Waals surface area (Å²) >= 11 is 0. The molecular weight excluding hydrogens is 250 g/mol. The number of carbonyl (C=O) groups is 1. The van der Waals surface area contributed by atoms with Gasteiger partial charge in [-0.25, -0.2) is 4.79 Å². The number of amides is 2. The van der Waals surface area contributed by atoms with Crippen LogP contribution in [-0.4, -0.2) is 37.1 Å². The quantitative estimate of drug-likeness (QED) is 0.866. The van der Waals surface area contributed by atoms with Crippen LogP contribution in [0.15, 0.2) is 24.3 Å². The maximum absolute atomic E-state index is 12.3. The molecule has 0 bridgehead atoms. The minimum absolute atomic E-state index is 0.103. The average Bonchev–Trinajstić information content (AvgIpc) is 2.45. The van der Waals surface area contributed by atoms with Crippen molar-refractivity contribution in [3.8, 4) is 0 Å². The van der Waals surface area contributed by atoms with Gasteiger partial charge in [0.15, 0.2) is 0 Å². The third-order valence-electron chi connectivity index (χ3n) is 3.78. The summed E-state index contributed by atoms with van der Waals surface area (Å²) in [5, 5.41) is 3.47. The first-order valence-electron chi connectivity index (χ1n) is 7.47. The van der Waals surface area contributed by atoms with Crippen molar-refractivity contribution in [2.24, 2.45) is 0 Å². The maximum Gasteiger partial charge on any atom is 0.324 e. The van der Waals surface area contributed by atoms with Gasteiger partial charge in [-0.3, -0.25) is 4.90 Å². The molecule has 0 saturated heterocycles. The van der Waals surface area contributed by atoms with Gasteiger partial charge in [0.1, 0.15) is 0 Å². The number of rotatable bonds is 6. The Hall–Kier alpha value is -1.55. The molecule has 0 aromatic heterocycles. The van der Waals surface area contributed by atoms with Crippen molar-refractivity contribution in [1.29, 1.82) is 0 Å². The van der Waals surface area contributed by atoms with E-state index in [1.807, 2.05) is 30.1 Å². The van der Waals surface area contributed by atoms with Crippen LogP contribution in [0.25, 0.3) is 0 Å². The monoisotopic (exact) mass is 275 g/mol. The highest BCUT2D eigenvalue weighted by molar-refractivity contribution is 5.94. The zero-order chi connectivity index (χ0) is 14.5. The van der Waals surface area contributed by atoms with Crippen LogP contribution in [0.1, 0.15) is 32.3 Å². The summed E-state index contributed by atoms with van der Waals surface area (Å²) in [4.78, 5) is 16.0. The molecule has 110 valence electrons. The zero-order valence-corrected chi connectivity index (χ0v) is 12.7. The van der Waals surface area contributed by atoms with E-state index in [2.05, 4.69) is 25.2 Å². The molecular formula is C16H25N3O. The molecule has 0 aliphatic carbocycles. The second-order valence-corrected chi connectivity index (χ2v) is 5.56. The standard InChI is InChI=1S/C16H25N3O/c1-4-10-17-13(2)9-11-19-15-8-6-5-7-14(15)12-18(3)16(19)20/h5-8,13,17H,4,9-12H2,1-3H3. The molecule has 4 nitrogen and oxygen atoms in total. The van der Waals surface area contributed by atoms with E-state index in [1.165, 1.54) is 5.56 Å². The van der Waals surface area contributed by atoms with Crippen molar-refractivity contribution >= 4 is 11.7 Å². The Morgan fingerprint density at radius 3 is 2.85 bits per heavy atom. The Labute approximate surface area is 121 Å². The Kier molecular flexibility index (Phi) is 5.01. The van der Waals surface area contributed by atoms with Gasteiger partial charge >= 0.3 is 6.03 Å². The number of hydrogen-bond acceptors (Lipinski definition) is 2. The Morgan fingerprint density at radius 1 is 1.35 bits per heavy atom. The number of benzene rings is 1. The molecule has 0 fully saturated rings. The highest BCUT2D eigenvalue weighted by Crippen LogP contribution is 2.27. The molecule has 2 rings (SSSR count). The van der Waals surface area contributed by atoms with Crippen LogP contribution >= 0.6 is 0 Å². The van der Waals surface area contributed by atoms with E-state index in [4.69, 9.17) is 0 Å². The molecule has 1 N–H and O–H groups in total. The summed E-state index contributed by atoms with van der Waals surface area (Å²) < 4.78 is 0. The number of anilines is 1. The van der Waals surface area contributed by atoms with E-state index in [0.29, 0.717) is 12.6 Å². The normalized spacial score (nSPS) is 16.2. The summed E-state index contributed by atoms with van der Waals surface area (Å²) in [7, 11) is 1.87. The lowest BCUT2D eigenvalue weighted by Crippen LogP contribution is -2.46.